The van der Waals surface area contributed by atoms with Crippen molar-refractivity contribution in [2.75, 3.05) is 44.2 Å². The summed E-state index contributed by atoms with van der Waals surface area (Å²) in [7, 11) is 2.94. The van der Waals surface area contributed by atoms with Crippen LogP contribution < -0.4 is 29.2 Å². The first-order valence-electron chi connectivity index (χ1n) is 19.4. The molecule has 0 saturated carbocycles. The molecular formula is C45H49N5O11. The van der Waals surface area contributed by atoms with E-state index in [2.05, 4.69) is 10.3 Å². The Morgan fingerprint density at radius 3 is 2.33 bits per heavy atom. The van der Waals surface area contributed by atoms with Gasteiger partial charge in [0.15, 0.2) is 35.5 Å². The topological polar surface area (TPSA) is 186 Å². The Kier molecular flexibility index (Phi) is 16.0. The zero-order valence-electron chi connectivity index (χ0n) is 34.6. The Morgan fingerprint density at radius 2 is 1.69 bits per heavy atom. The molecule has 0 radical (unpaired) electrons. The first-order valence-corrected chi connectivity index (χ1v) is 19.4. The van der Waals surface area contributed by atoms with Crippen LogP contribution in [-0.2, 0) is 25.7 Å². The number of anilines is 2. The summed E-state index contributed by atoms with van der Waals surface area (Å²) < 4.78 is 29.2. The number of aliphatic hydroxyl groups is 1. The van der Waals surface area contributed by atoms with E-state index in [-0.39, 0.29) is 55.7 Å². The van der Waals surface area contributed by atoms with Gasteiger partial charge in [-0.1, -0.05) is 36.4 Å². The average molecular weight is 836 g/mol. The van der Waals surface area contributed by atoms with Crippen molar-refractivity contribution in [1.82, 2.24) is 9.80 Å². The number of hydrogen-bond acceptors (Lipinski definition) is 12. The van der Waals surface area contributed by atoms with Crippen LogP contribution >= 0.6 is 0 Å². The third-order valence-corrected chi connectivity index (χ3v) is 9.62. The Hall–Kier alpha value is -7.20. The van der Waals surface area contributed by atoms with Gasteiger partial charge in [0, 0.05) is 48.4 Å². The minimum Gasteiger partial charge on any atom is -0.493 e. The number of aldehydes is 1. The summed E-state index contributed by atoms with van der Waals surface area (Å²) in [5, 5.41) is 14.5. The predicted octanol–water partition coefficient (Wildman–Crippen LogP) is 6.40. The second kappa shape index (κ2) is 21.7. The molecule has 0 saturated heterocycles. The lowest BCUT2D eigenvalue weighted by molar-refractivity contribution is -0.118. The van der Waals surface area contributed by atoms with Gasteiger partial charge in [-0.2, -0.15) is 0 Å². The molecule has 0 bridgehead atoms. The Labute approximate surface area is 354 Å². The molecule has 3 aromatic carbocycles. The van der Waals surface area contributed by atoms with E-state index < -0.39 is 18.4 Å². The zero-order chi connectivity index (χ0) is 43.9. The largest absolute Gasteiger partial charge is 0.493 e. The number of amides is 4. The van der Waals surface area contributed by atoms with Gasteiger partial charge in [-0.3, -0.25) is 24.2 Å². The van der Waals surface area contributed by atoms with Crippen LogP contribution in [0.15, 0.2) is 101 Å². The van der Waals surface area contributed by atoms with Gasteiger partial charge < -0.3 is 43.9 Å². The summed E-state index contributed by atoms with van der Waals surface area (Å²) in [4.78, 5) is 70.2. The molecule has 2 aliphatic heterocycles. The molecule has 320 valence electrons. The molecule has 0 fully saturated rings. The number of allylic oxidation sites excluding steroid dienone is 5. The zero-order valence-corrected chi connectivity index (χ0v) is 34.6. The summed E-state index contributed by atoms with van der Waals surface area (Å²) in [6.45, 7) is 5.66. The van der Waals surface area contributed by atoms with Crippen molar-refractivity contribution < 1.29 is 52.8 Å². The van der Waals surface area contributed by atoms with E-state index >= 15 is 0 Å². The third kappa shape index (κ3) is 11.1. The van der Waals surface area contributed by atoms with Crippen LogP contribution in [0.2, 0.25) is 0 Å². The van der Waals surface area contributed by atoms with Gasteiger partial charge in [-0.25, -0.2) is 9.69 Å². The van der Waals surface area contributed by atoms with Crippen molar-refractivity contribution in [1.29, 1.82) is 0 Å². The quantitative estimate of drug-likeness (QED) is 0.0422. The summed E-state index contributed by atoms with van der Waals surface area (Å²) in [6.07, 6.45) is 11.6. The minimum atomic E-state index is -1.55. The summed E-state index contributed by atoms with van der Waals surface area (Å²) in [5.41, 5.74) is 3.75. The standard InChI is InChI=1S/C45H49N5O11/c1-6-9-32-20-38(49(24-32)29-53)44(55)50(45(56)61-27-31-11-13-34(14-12-31)47-28-52)37-23-42(39(57-4)19-30(37)3)60-18-8-17-59-41-22-36-35(21-40(41)58-5)43(54)48(16-15-46-36)25-33(26-51)10-7-2/h6-7,9-15,19,21-26,28-29,38,44,55H,8,16-18,20,27H2,1-5H3,(H,47,52)/b9-6+,10-7+,33-25-. The molecule has 0 aliphatic carbocycles. The van der Waals surface area contributed by atoms with Crippen molar-refractivity contribution in [3.63, 3.8) is 0 Å². The minimum absolute atomic E-state index is 0.134. The fourth-order valence-electron chi connectivity index (χ4n) is 6.65. The van der Waals surface area contributed by atoms with Gasteiger partial charge >= 0.3 is 6.09 Å². The number of aliphatic imine (C=N–C) groups is 1. The summed E-state index contributed by atoms with van der Waals surface area (Å²) >= 11 is 0. The highest BCUT2D eigenvalue weighted by Crippen LogP contribution is 2.39. The lowest BCUT2D eigenvalue weighted by atomic mass is 10.1. The SMILES string of the molecule is C/C=C/C1=CN(C=O)C(C(O)N(C(=O)OCc2ccc(NC=O)cc2)c2cc(OCCCOc3cc4c(cc3OC)C(=O)N(/C=C(C=O)/C=C/C)CC=N4)c(OC)cc2C)C1. The molecule has 2 aliphatic rings. The molecule has 5 rings (SSSR count). The molecule has 2 N–H and O–H groups in total. The Morgan fingerprint density at radius 1 is 0.984 bits per heavy atom. The number of fused-ring (bicyclic) bond motifs is 1. The molecular weight excluding hydrogens is 787 g/mol. The normalized spacial score (nSPS) is 15.5. The van der Waals surface area contributed by atoms with E-state index in [1.54, 1.807) is 86.9 Å². The number of ether oxygens (including phenoxy) is 5. The number of rotatable bonds is 20. The molecule has 2 heterocycles. The fourth-order valence-corrected chi connectivity index (χ4v) is 6.65. The fraction of sp³-hybridized carbons (Fsp3) is 0.289. The molecule has 16 nitrogen and oxygen atoms in total. The predicted molar refractivity (Wildman–Crippen MR) is 228 cm³/mol. The van der Waals surface area contributed by atoms with Crippen LogP contribution in [0.25, 0.3) is 0 Å². The van der Waals surface area contributed by atoms with Gasteiger partial charge in [-0.15, -0.1) is 0 Å². The van der Waals surface area contributed by atoms with Crippen molar-refractivity contribution in [2.45, 2.75) is 52.5 Å². The van der Waals surface area contributed by atoms with Crippen molar-refractivity contribution in [3.05, 3.63) is 113 Å². The van der Waals surface area contributed by atoms with Gasteiger partial charge in [-0.05, 0) is 68.2 Å². The van der Waals surface area contributed by atoms with Crippen molar-refractivity contribution >= 4 is 54.4 Å². The highest BCUT2D eigenvalue weighted by atomic mass is 16.6. The molecule has 2 atom stereocenters. The maximum absolute atomic E-state index is 14.0. The number of hydrogen-bond donors (Lipinski definition) is 2. The van der Waals surface area contributed by atoms with Crippen molar-refractivity contribution in [2.24, 2.45) is 4.99 Å². The molecule has 16 heteroatoms. The summed E-state index contributed by atoms with van der Waals surface area (Å²) in [5.74, 6) is 0.932. The molecule has 61 heavy (non-hydrogen) atoms. The molecule has 0 aromatic heterocycles. The monoisotopic (exact) mass is 835 g/mol. The highest BCUT2D eigenvalue weighted by Gasteiger charge is 2.38. The lowest BCUT2D eigenvalue weighted by Gasteiger charge is -2.35. The average Bonchev–Trinajstić information content (AvgIpc) is 3.62. The number of carbonyl (C=O) groups excluding carboxylic acids is 5. The molecule has 2 unspecified atom stereocenters. The second-order valence-corrected chi connectivity index (χ2v) is 13.7. The van der Waals surface area contributed by atoms with Crippen LogP contribution in [0.3, 0.4) is 0 Å². The number of nitrogens with one attached hydrogen (secondary N) is 1. The van der Waals surface area contributed by atoms with Crippen LogP contribution in [-0.4, -0.2) is 98.5 Å². The highest BCUT2D eigenvalue weighted by molar-refractivity contribution is 6.03. The van der Waals surface area contributed by atoms with E-state index in [1.807, 2.05) is 19.1 Å². The number of carbonyl (C=O) groups is 5. The maximum Gasteiger partial charge on any atom is 0.416 e. The lowest BCUT2D eigenvalue weighted by Crippen LogP contribution is -2.51. The number of nitrogens with zero attached hydrogens (tertiary/aromatic N) is 4. The van der Waals surface area contributed by atoms with E-state index in [9.17, 15) is 29.1 Å². The number of aryl methyl sites for hydroxylation is 1. The van der Waals surface area contributed by atoms with Crippen LogP contribution in [0.4, 0.5) is 21.9 Å². The van der Waals surface area contributed by atoms with Gasteiger partial charge in [0.2, 0.25) is 12.8 Å². The van der Waals surface area contributed by atoms with Crippen LogP contribution in [0.1, 0.15) is 48.2 Å². The Balaban J connectivity index is 1.33. The summed E-state index contributed by atoms with van der Waals surface area (Å²) in [6, 6.07) is 12.3. The van der Waals surface area contributed by atoms with Crippen LogP contribution in [0, 0.1) is 6.92 Å². The van der Waals surface area contributed by atoms with Gasteiger partial charge in [0.1, 0.15) is 6.61 Å². The number of aliphatic hydroxyl groups excluding tert-OH is 1. The van der Waals surface area contributed by atoms with E-state index in [4.69, 9.17) is 23.7 Å². The first kappa shape index (κ1) is 44.9. The van der Waals surface area contributed by atoms with Crippen molar-refractivity contribution in [3.8, 4) is 23.0 Å². The molecule has 0 spiro atoms. The van der Waals surface area contributed by atoms with Gasteiger partial charge in [0.25, 0.3) is 5.91 Å². The second-order valence-electron chi connectivity index (χ2n) is 13.7. The number of benzene rings is 3. The first-order chi connectivity index (χ1) is 29.6. The van der Waals surface area contributed by atoms with Crippen LogP contribution in [0.5, 0.6) is 23.0 Å². The maximum atomic E-state index is 14.0. The van der Waals surface area contributed by atoms with E-state index in [0.29, 0.717) is 70.9 Å². The Bertz CT molecular complexity index is 2230. The molecule has 4 amide bonds. The smallest absolute Gasteiger partial charge is 0.416 e. The molecule has 3 aromatic rings. The van der Waals surface area contributed by atoms with E-state index in [1.165, 1.54) is 30.2 Å². The number of methoxy groups -OCH3 is 2. The van der Waals surface area contributed by atoms with Gasteiger partial charge in [0.05, 0.1) is 57.0 Å². The van der Waals surface area contributed by atoms with E-state index in [0.717, 1.165) is 10.5 Å². The third-order valence-electron chi connectivity index (χ3n) is 9.62.